The van der Waals surface area contributed by atoms with Crippen LogP contribution in [0.4, 0.5) is 5.69 Å². The van der Waals surface area contributed by atoms with Gasteiger partial charge in [-0.25, -0.2) is 5.06 Å². The zero-order chi connectivity index (χ0) is 20.8. The van der Waals surface area contributed by atoms with Crippen molar-refractivity contribution in [1.29, 1.82) is 0 Å². The average molecular weight is 424 g/mol. The third-order valence-electron chi connectivity index (χ3n) is 6.27. The van der Waals surface area contributed by atoms with Crippen molar-refractivity contribution in [3.63, 3.8) is 0 Å². The van der Waals surface area contributed by atoms with E-state index in [1.165, 1.54) is 0 Å². The van der Waals surface area contributed by atoms with Crippen LogP contribution < -0.4 is 5.06 Å². The van der Waals surface area contributed by atoms with Gasteiger partial charge in [0.05, 0.1) is 22.5 Å². The van der Waals surface area contributed by atoms with Crippen LogP contribution in [0.3, 0.4) is 0 Å². The highest BCUT2D eigenvalue weighted by atomic mass is 32.2. The lowest BCUT2D eigenvalue weighted by Crippen LogP contribution is -2.36. The molecule has 4 atom stereocenters. The minimum Gasteiger partial charge on any atom is -0.255 e. The minimum absolute atomic E-state index is 0.197. The molecule has 152 valence electrons. The Morgan fingerprint density at radius 3 is 2.00 bits per heavy atom. The Bertz CT molecular complexity index is 1250. The SMILES string of the molecule is O=S1c2ccccc2[C@]2(c3ccccc3)ON(c3ccccc3)C(c3ccccc3)[C@H]12. The maximum Gasteiger partial charge on any atom is 0.164 e. The highest BCUT2D eigenvalue weighted by Gasteiger charge is 2.64. The Morgan fingerprint density at radius 1 is 0.710 bits per heavy atom. The molecule has 0 aliphatic carbocycles. The summed E-state index contributed by atoms with van der Waals surface area (Å²) in [6.07, 6.45) is 0. The molecule has 2 aliphatic rings. The van der Waals surface area contributed by atoms with Crippen LogP contribution in [0.2, 0.25) is 0 Å². The molecule has 31 heavy (non-hydrogen) atoms. The number of rotatable bonds is 3. The number of hydrogen-bond acceptors (Lipinski definition) is 3. The molecule has 4 aromatic rings. The van der Waals surface area contributed by atoms with E-state index in [1.54, 1.807) is 0 Å². The third kappa shape index (κ3) is 2.65. The van der Waals surface area contributed by atoms with Crippen LogP contribution in [0.5, 0.6) is 0 Å². The van der Waals surface area contributed by atoms with Gasteiger partial charge in [0.25, 0.3) is 0 Å². The third-order valence-corrected chi connectivity index (χ3v) is 8.11. The molecule has 0 saturated carbocycles. The molecular formula is C27H21NO2S. The smallest absolute Gasteiger partial charge is 0.164 e. The second kappa shape index (κ2) is 7.19. The van der Waals surface area contributed by atoms with E-state index < -0.39 is 16.4 Å². The van der Waals surface area contributed by atoms with Crippen LogP contribution >= 0.6 is 0 Å². The summed E-state index contributed by atoms with van der Waals surface area (Å²) in [4.78, 5) is 7.82. The molecule has 0 radical (unpaired) electrons. The Kier molecular flexibility index (Phi) is 4.30. The molecule has 2 heterocycles. The Morgan fingerprint density at radius 2 is 1.29 bits per heavy atom. The molecule has 3 nitrogen and oxygen atoms in total. The molecule has 4 aromatic carbocycles. The van der Waals surface area contributed by atoms with E-state index >= 15 is 0 Å². The van der Waals surface area contributed by atoms with Crippen molar-refractivity contribution in [1.82, 2.24) is 0 Å². The highest BCUT2D eigenvalue weighted by molar-refractivity contribution is 7.86. The van der Waals surface area contributed by atoms with Crippen molar-refractivity contribution in [2.24, 2.45) is 0 Å². The molecule has 1 saturated heterocycles. The zero-order valence-electron chi connectivity index (χ0n) is 16.8. The molecule has 0 N–H and O–H groups in total. The molecule has 0 bridgehead atoms. The zero-order valence-corrected chi connectivity index (χ0v) is 17.6. The predicted molar refractivity (Wildman–Crippen MR) is 123 cm³/mol. The molecule has 6 rings (SSSR count). The van der Waals surface area contributed by atoms with E-state index in [-0.39, 0.29) is 11.3 Å². The second-order valence-corrected chi connectivity index (χ2v) is 9.47. The maximum atomic E-state index is 14.0. The van der Waals surface area contributed by atoms with Gasteiger partial charge in [-0.3, -0.25) is 9.05 Å². The van der Waals surface area contributed by atoms with Gasteiger partial charge in [-0.1, -0.05) is 97.1 Å². The van der Waals surface area contributed by atoms with E-state index in [0.717, 1.165) is 27.3 Å². The van der Waals surface area contributed by atoms with E-state index in [2.05, 4.69) is 30.3 Å². The predicted octanol–water partition coefficient (Wildman–Crippen LogP) is 5.61. The van der Waals surface area contributed by atoms with Gasteiger partial charge in [0.15, 0.2) is 5.60 Å². The lowest BCUT2D eigenvalue weighted by Gasteiger charge is -2.29. The minimum atomic E-state index is -1.23. The Balaban J connectivity index is 1.65. The summed E-state index contributed by atoms with van der Waals surface area (Å²) in [5.74, 6) is 0. The van der Waals surface area contributed by atoms with Crippen molar-refractivity contribution >= 4 is 16.5 Å². The van der Waals surface area contributed by atoms with Gasteiger partial charge in [0, 0.05) is 10.5 Å². The maximum absolute atomic E-state index is 14.0. The van der Waals surface area contributed by atoms with Gasteiger partial charge in [-0.05, 0) is 29.3 Å². The van der Waals surface area contributed by atoms with E-state index in [1.807, 2.05) is 90.0 Å². The fourth-order valence-electron chi connectivity index (χ4n) is 4.97. The van der Waals surface area contributed by atoms with Crippen LogP contribution in [0, 0.1) is 0 Å². The summed E-state index contributed by atoms with van der Waals surface area (Å²) in [5.41, 5.74) is 3.24. The molecule has 0 spiro atoms. The van der Waals surface area contributed by atoms with E-state index in [4.69, 9.17) is 4.84 Å². The summed E-state index contributed by atoms with van der Waals surface area (Å²) >= 11 is 0. The van der Waals surface area contributed by atoms with Gasteiger partial charge in [0.2, 0.25) is 0 Å². The Labute approximate surface area is 184 Å². The largest absolute Gasteiger partial charge is 0.255 e. The monoisotopic (exact) mass is 423 g/mol. The summed E-state index contributed by atoms with van der Waals surface area (Å²) in [7, 11) is -1.23. The molecule has 0 amide bonds. The van der Waals surface area contributed by atoms with Crippen LogP contribution in [-0.4, -0.2) is 9.46 Å². The number of anilines is 1. The van der Waals surface area contributed by atoms with Crippen LogP contribution in [0.25, 0.3) is 0 Å². The standard InChI is InChI=1S/C27H21NO2S/c29-31-24-19-11-10-18-23(24)27(21-14-6-2-7-15-21)26(31)25(20-12-4-1-5-13-20)28(30-27)22-16-8-3-9-17-22/h1-19,25-26H/t25?,26-,27-,31?/m0/s1. The van der Waals surface area contributed by atoms with Gasteiger partial charge in [-0.2, -0.15) is 0 Å². The second-order valence-electron chi connectivity index (χ2n) is 7.92. The first-order chi connectivity index (χ1) is 15.3. The molecule has 0 aromatic heterocycles. The topological polar surface area (TPSA) is 29.5 Å². The van der Waals surface area contributed by atoms with Gasteiger partial charge in [-0.15, -0.1) is 0 Å². The molecular weight excluding hydrogens is 402 g/mol. The Hall–Kier alpha value is -3.21. The molecule has 2 aliphatic heterocycles. The molecule has 2 unspecified atom stereocenters. The average Bonchev–Trinajstić information content (AvgIpc) is 3.33. The van der Waals surface area contributed by atoms with Crippen molar-refractivity contribution in [2.45, 2.75) is 21.8 Å². The van der Waals surface area contributed by atoms with Crippen molar-refractivity contribution < 1.29 is 9.05 Å². The number of benzene rings is 4. The number of para-hydroxylation sites is 1. The normalized spacial score (nSPS) is 26.5. The fraction of sp³-hybridized carbons (Fsp3) is 0.111. The number of fused-ring (bicyclic) bond motifs is 3. The first-order valence-corrected chi connectivity index (χ1v) is 11.7. The van der Waals surface area contributed by atoms with Crippen molar-refractivity contribution in [3.05, 3.63) is 132 Å². The van der Waals surface area contributed by atoms with Crippen LogP contribution in [-0.2, 0) is 21.2 Å². The number of nitrogens with zero attached hydrogens (tertiary/aromatic N) is 1. The summed E-state index contributed by atoms with van der Waals surface area (Å²) < 4.78 is 14.0. The fourth-order valence-corrected chi connectivity index (χ4v) is 7.00. The van der Waals surface area contributed by atoms with Crippen molar-refractivity contribution in [2.75, 3.05) is 5.06 Å². The number of hydrogen-bond donors (Lipinski definition) is 0. The van der Waals surface area contributed by atoms with Gasteiger partial charge in [0.1, 0.15) is 5.25 Å². The van der Waals surface area contributed by atoms with Crippen molar-refractivity contribution in [3.8, 4) is 0 Å². The number of hydroxylamine groups is 1. The first kappa shape index (κ1) is 18.6. The summed E-state index contributed by atoms with van der Waals surface area (Å²) in [6, 6.07) is 38.4. The quantitative estimate of drug-likeness (QED) is 0.429. The van der Waals surface area contributed by atoms with Gasteiger partial charge < -0.3 is 0 Å². The lowest BCUT2D eigenvalue weighted by atomic mass is 9.80. The van der Waals surface area contributed by atoms with E-state index in [0.29, 0.717) is 0 Å². The molecule has 4 heteroatoms. The van der Waals surface area contributed by atoms with Crippen LogP contribution in [0.1, 0.15) is 22.7 Å². The first-order valence-electron chi connectivity index (χ1n) is 10.4. The molecule has 1 fully saturated rings. The van der Waals surface area contributed by atoms with Gasteiger partial charge >= 0.3 is 0 Å². The summed E-state index contributed by atoms with van der Waals surface area (Å²) in [6.45, 7) is 0. The van der Waals surface area contributed by atoms with E-state index in [9.17, 15) is 4.21 Å². The lowest BCUT2D eigenvalue weighted by molar-refractivity contribution is 0.0174. The highest BCUT2D eigenvalue weighted by Crippen LogP contribution is 2.59. The summed E-state index contributed by atoms with van der Waals surface area (Å²) in [5, 5.41) is 1.69. The van der Waals surface area contributed by atoms with Crippen LogP contribution in [0.15, 0.2) is 120 Å².